The molecule has 10 N–H and O–H groups in total. The van der Waals surface area contributed by atoms with Crippen LogP contribution in [0.1, 0.15) is 59.6 Å². The molecule has 0 aliphatic carbocycles. The molecular weight excluding hydrogens is 871 g/mol. The minimum atomic E-state index is -5.59. The molecule has 3 heterocycles. The van der Waals surface area contributed by atoms with Crippen LogP contribution in [0.3, 0.4) is 0 Å². The number of aliphatic hydroxyl groups excluding tert-OH is 2. The largest absolute Gasteiger partial charge is 0.481 e. The van der Waals surface area contributed by atoms with Crippen molar-refractivity contribution in [2.24, 2.45) is 5.41 Å². The zero-order chi connectivity index (χ0) is 44.3. The van der Waals surface area contributed by atoms with Gasteiger partial charge in [-0.15, -0.1) is 0 Å². The van der Waals surface area contributed by atoms with E-state index in [9.17, 15) is 62.7 Å². The van der Waals surface area contributed by atoms with Crippen LogP contribution >= 0.6 is 35.2 Å². The van der Waals surface area contributed by atoms with Gasteiger partial charge < -0.3 is 50.9 Å². The number of hydrogen-bond donors (Lipinski definition) is 9. The molecule has 0 bridgehead atoms. The predicted octanol–water partition coefficient (Wildman–Crippen LogP) is 0.370. The maximum absolute atomic E-state index is 12.7. The third-order valence-corrected chi connectivity index (χ3v) is 12.1. The van der Waals surface area contributed by atoms with Gasteiger partial charge in [0.15, 0.2) is 22.8 Å². The van der Waals surface area contributed by atoms with Crippen LogP contribution in [0.5, 0.6) is 0 Å². The number of ketones is 1. The monoisotopic (exact) mass is 919 g/mol. The lowest BCUT2D eigenvalue weighted by Crippen LogP contribution is -2.46. The van der Waals surface area contributed by atoms with E-state index in [-0.39, 0.29) is 66.0 Å². The molecule has 3 rings (SSSR count). The smallest absolute Gasteiger partial charge is 0.386 e. The number of aliphatic hydroxyl groups is 2. The third-order valence-electron chi connectivity index (χ3n) is 8.08. The quantitative estimate of drug-likeness (QED) is 0.0297. The van der Waals surface area contributed by atoms with Crippen molar-refractivity contribution in [3.05, 3.63) is 24.3 Å². The number of allylic oxidation sites excluding steroid dienone is 2. The van der Waals surface area contributed by atoms with Crippen LogP contribution in [-0.2, 0) is 55.5 Å². The minimum Gasteiger partial charge on any atom is -0.386 e. The van der Waals surface area contributed by atoms with Gasteiger partial charge in [0.1, 0.15) is 42.0 Å². The van der Waals surface area contributed by atoms with E-state index in [1.165, 1.54) is 13.8 Å². The summed E-state index contributed by atoms with van der Waals surface area (Å²) in [6.45, 7) is 4.11. The number of imidazole rings is 1. The summed E-state index contributed by atoms with van der Waals surface area (Å²) in [4.78, 5) is 99.5. The second kappa shape index (κ2) is 21.7. The van der Waals surface area contributed by atoms with Crippen LogP contribution in [-0.4, -0.2) is 128 Å². The summed E-state index contributed by atoms with van der Waals surface area (Å²) in [5, 5.41) is 26.0. The van der Waals surface area contributed by atoms with Crippen LogP contribution in [0.25, 0.3) is 11.2 Å². The van der Waals surface area contributed by atoms with E-state index in [4.69, 9.17) is 19.5 Å². The summed E-state index contributed by atoms with van der Waals surface area (Å²) in [5.41, 5.74) is 5.30. The van der Waals surface area contributed by atoms with E-state index >= 15 is 0 Å². The normalized spacial score (nSPS) is 21.0. The van der Waals surface area contributed by atoms with Crippen LogP contribution in [0, 0.1) is 5.41 Å². The topological polar surface area (TPSA) is 381 Å². The second-order valence-electron chi connectivity index (χ2n) is 13.8. The first-order chi connectivity index (χ1) is 27.3. The number of thioether (sulfide) groups is 1. The van der Waals surface area contributed by atoms with Gasteiger partial charge in [-0.25, -0.2) is 28.6 Å². The first-order valence-corrected chi connectivity index (χ1v) is 23.0. The number of aromatic nitrogens is 4. The summed E-state index contributed by atoms with van der Waals surface area (Å²) in [5.74, 6) is -1.51. The number of phosphoric acid groups is 3. The number of amides is 2. The average molecular weight is 920 g/mol. The Morgan fingerprint density at radius 3 is 2.37 bits per heavy atom. The molecule has 1 aliphatic heterocycles. The number of rotatable bonds is 24. The number of hydrogen-bond acceptors (Lipinski definition) is 19. The average Bonchev–Trinajstić information content (AvgIpc) is 3.67. The van der Waals surface area contributed by atoms with Gasteiger partial charge in [-0.3, -0.25) is 37.3 Å². The van der Waals surface area contributed by atoms with Gasteiger partial charge in [0.2, 0.25) is 11.8 Å². The summed E-state index contributed by atoms with van der Waals surface area (Å²) in [6, 6.07) is 0. The van der Waals surface area contributed by atoms with Crippen molar-refractivity contribution in [1.82, 2.24) is 30.2 Å². The highest BCUT2D eigenvalue weighted by Gasteiger charge is 2.50. The molecular formula is C30H48N7O18P3S. The molecule has 2 aromatic heterocycles. The lowest BCUT2D eigenvalue weighted by atomic mass is 9.87. The Hall–Kier alpha value is -3.03. The van der Waals surface area contributed by atoms with Crippen molar-refractivity contribution in [2.45, 2.75) is 84.0 Å². The Kier molecular flexibility index (Phi) is 18.5. The number of ether oxygens (including phenoxy) is 1. The molecule has 332 valence electrons. The number of nitrogen functional groups attached to an aromatic ring is 1. The van der Waals surface area contributed by atoms with Gasteiger partial charge in [0.25, 0.3) is 0 Å². The highest BCUT2D eigenvalue weighted by atomic mass is 32.2. The Morgan fingerprint density at radius 2 is 1.71 bits per heavy atom. The molecule has 0 saturated carbocycles. The van der Waals surface area contributed by atoms with Crippen LogP contribution in [0.15, 0.2) is 24.3 Å². The molecule has 2 aromatic rings. The molecule has 0 radical (unpaired) electrons. The van der Waals surface area contributed by atoms with Gasteiger partial charge in [-0.05, 0) is 20.3 Å². The molecule has 29 heteroatoms. The fourth-order valence-electron chi connectivity index (χ4n) is 5.12. The number of nitrogens with one attached hydrogen (secondary N) is 2. The fraction of sp³-hybridized carbons (Fsp3) is 0.633. The maximum Gasteiger partial charge on any atom is 0.481 e. The Morgan fingerprint density at radius 1 is 1.03 bits per heavy atom. The van der Waals surface area contributed by atoms with Crippen LogP contribution in [0.2, 0.25) is 0 Å². The summed E-state index contributed by atoms with van der Waals surface area (Å²) in [6.07, 6.45) is -4.52. The van der Waals surface area contributed by atoms with E-state index in [1.54, 1.807) is 0 Å². The molecule has 1 aliphatic rings. The molecule has 0 spiro atoms. The maximum atomic E-state index is 12.7. The minimum absolute atomic E-state index is 0.0238. The summed E-state index contributed by atoms with van der Waals surface area (Å²) < 4.78 is 62.1. The highest BCUT2D eigenvalue weighted by Crippen LogP contribution is 2.61. The molecule has 2 unspecified atom stereocenters. The van der Waals surface area contributed by atoms with E-state index in [0.717, 1.165) is 34.6 Å². The zero-order valence-electron chi connectivity index (χ0n) is 32.2. The number of fused-ring (bicyclic) bond motifs is 1. The van der Waals surface area contributed by atoms with Crippen molar-refractivity contribution in [3.8, 4) is 0 Å². The Bertz CT molecular complexity index is 1990. The van der Waals surface area contributed by atoms with Crippen LogP contribution < -0.4 is 16.4 Å². The number of anilines is 1. The van der Waals surface area contributed by atoms with Crippen molar-refractivity contribution < 1.29 is 85.3 Å². The number of nitrogens with zero attached hydrogens (tertiary/aromatic N) is 4. The molecule has 0 aromatic carbocycles. The molecule has 1 saturated heterocycles. The molecule has 1 fully saturated rings. The van der Waals surface area contributed by atoms with E-state index in [2.05, 4.69) is 34.4 Å². The molecule has 7 atom stereocenters. The predicted molar refractivity (Wildman–Crippen MR) is 205 cm³/mol. The van der Waals surface area contributed by atoms with Crippen LogP contribution in [0.4, 0.5) is 5.82 Å². The first kappa shape index (κ1) is 50.3. The van der Waals surface area contributed by atoms with Gasteiger partial charge in [-0.1, -0.05) is 37.3 Å². The lowest BCUT2D eigenvalue weighted by molar-refractivity contribution is -0.137. The van der Waals surface area contributed by atoms with E-state index in [1.807, 2.05) is 19.9 Å². The zero-order valence-corrected chi connectivity index (χ0v) is 35.7. The standard InChI is InChI=1S/C30H48N7O18P3S/c1-17(2)6-5-7-18(38)12-21(40)59-11-10-32-20(39)8-9-33-28(43)25(42)30(3,4)14-52-58(49,50)55-57(47,48)51-13-19-24(54-56(44,45)46)23(41)29(53-19)37-16-36-22-26(31)34-15-35-27(22)37/h6,15-16,19,23-25,29,41-42H,5,7-14H2,1-4H3,(H,32,39)(H,33,43)(H,47,48)(H,49,50)(H2,31,34,35)(H2,44,45,46)/t19-,23-,24-,25+,29-/m1/s1. The molecule has 25 nitrogen and oxygen atoms in total. The first-order valence-electron chi connectivity index (χ1n) is 17.5. The number of carbonyl (C=O) groups excluding carboxylic acids is 4. The number of phosphoric ester groups is 3. The van der Waals surface area contributed by atoms with Gasteiger partial charge >= 0.3 is 23.5 Å². The summed E-state index contributed by atoms with van der Waals surface area (Å²) >= 11 is 0.902. The van der Waals surface area contributed by atoms with Crippen molar-refractivity contribution >= 4 is 74.9 Å². The number of Topliss-reactive ketones (excluding diaryl/α,β-unsaturated/α-hetero) is 1. The van der Waals surface area contributed by atoms with E-state index in [0.29, 0.717) is 6.42 Å². The fourth-order valence-corrected chi connectivity index (χ4v) is 8.64. The number of carbonyl (C=O) groups is 4. The lowest BCUT2D eigenvalue weighted by Gasteiger charge is -2.30. The Balaban J connectivity index is 1.44. The SMILES string of the molecule is CC(C)=CCCC(=O)CC(=O)SCCNC(=O)CCNC(=O)[C@H](O)C(C)(C)COP(=O)(O)OP(=O)(O)OC[C@H]1O[C@@H](n2cnc3c(N)ncnc32)[C@H](O)[C@@H]1OP(=O)(O)O. The summed E-state index contributed by atoms with van der Waals surface area (Å²) in [7, 11) is -16.4. The van der Waals surface area contributed by atoms with Crippen molar-refractivity contribution in [3.63, 3.8) is 0 Å². The third kappa shape index (κ3) is 16.4. The van der Waals surface area contributed by atoms with Gasteiger partial charge in [0, 0.05) is 37.1 Å². The highest BCUT2D eigenvalue weighted by molar-refractivity contribution is 8.13. The van der Waals surface area contributed by atoms with Gasteiger partial charge in [-0.2, -0.15) is 4.31 Å². The number of nitrogens with two attached hydrogens (primary N) is 1. The van der Waals surface area contributed by atoms with Crippen molar-refractivity contribution in [1.29, 1.82) is 0 Å². The Labute approximate surface area is 341 Å². The van der Waals surface area contributed by atoms with Gasteiger partial charge in [0.05, 0.1) is 26.0 Å². The second-order valence-corrected chi connectivity index (χ2v) is 19.2. The molecule has 2 amide bonds. The molecule has 59 heavy (non-hydrogen) atoms. The van der Waals surface area contributed by atoms with Crippen molar-refractivity contribution in [2.75, 3.05) is 37.8 Å². The van der Waals surface area contributed by atoms with E-state index < -0.39 is 84.6 Å².